The molecule has 0 aliphatic carbocycles. The van der Waals surface area contributed by atoms with Crippen LogP contribution in [-0.4, -0.2) is 0 Å². The van der Waals surface area contributed by atoms with Gasteiger partial charge in [0.15, 0.2) is 0 Å². The monoisotopic (exact) mass is 329 g/mol. The molecule has 0 amide bonds. The molecule has 0 radical (unpaired) electrons. The van der Waals surface area contributed by atoms with Crippen LogP contribution >= 0.6 is 39.1 Å². The summed E-state index contributed by atoms with van der Waals surface area (Å²) in [6.07, 6.45) is 0. The minimum atomic E-state index is 0.695. The summed E-state index contributed by atoms with van der Waals surface area (Å²) < 4.78 is 0.896. The van der Waals surface area contributed by atoms with Crippen molar-refractivity contribution < 1.29 is 0 Å². The van der Waals surface area contributed by atoms with Crippen molar-refractivity contribution in [2.45, 2.75) is 6.54 Å². The first-order chi connectivity index (χ1) is 8.15. The van der Waals surface area contributed by atoms with Crippen LogP contribution < -0.4 is 5.32 Å². The van der Waals surface area contributed by atoms with Gasteiger partial charge in [-0.2, -0.15) is 0 Å². The van der Waals surface area contributed by atoms with E-state index in [0.29, 0.717) is 5.02 Å². The molecule has 0 atom stereocenters. The molecule has 0 aliphatic heterocycles. The standard InChI is InChI=1S/C13H10BrCl2N/c14-12-5-4-11(7-13(12)16)17-8-9-2-1-3-10(15)6-9/h1-7,17H,8H2. The summed E-state index contributed by atoms with van der Waals surface area (Å²) in [5, 5.41) is 4.74. The molecular formula is C13H10BrCl2N. The number of anilines is 1. The van der Waals surface area contributed by atoms with Crippen molar-refractivity contribution in [3.05, 3.63) is 62.5 Å². The lowest BCUT2D eigenvalue weighted by Gasteiger charge is -2.07. The van der Waals surface area contributed by atoms with E-state index in [0.717, 1.165) is 27.3 Å². The summed E-state index contributed by atoms with van der Waals surface area (Å²) >= 11 is 15.3. The zero-order valence-electron chi connectivity index (χ0n) is 8.88. The molecule has 2 rings (SSSR count). The summed E-state index contributed by atoms with van der Waals surface area (Å²) in [5.74, 6) is 0. The highest BCUT2D eigenvalue weighted by Gasteiger charge is 1.99. The maximum absolute atomic E-state index is 6.01. The highest BCUT2D eigenvalue weighted by atomic mass is 79.9. The zero-order chi connectivity index (χ0) is 12.3. The molecule has 88 valence electrons. The number of benzene rings is 2. The van der Waals surface area contributed by atoms with Gasteiger partial charge in [0, 0.05) is 21.7 Å². The Morgan fingerprint density at radius 2 is 1.88 bits per heavy atom. The van der Waals surface area contributed by atoms with E-state index < -0.39 is 0 Å². The number of halogens is 3. The third kappa shape index (κ3) is 3.63. The molecule has 1 nitrogen and oxygen atoms in total. The van der Waals surface area contributed by atoms with Gasteiger partial charge in [-0.25, -0.2) is 0 Å². The predicted molar refractivity (Wildman–Crippen MR) is 77.9 cm³/mol. The molecule has 0 aliphatic rings. The number of hydrogen-bond acceptors (Lipinski definition) is 1. The van der Waals surface area contributed by atoms with E-state index in [1.807, 2.05) is 42.5 Å². The molecule has 0 aromatic heterocycles. The first-order valence-corrected chi connectivity index (χ1v) is 6.63. The lowest BCUT2D eigenvalue weighted by atomic mass is 10.2. The third-order valence-corrected chi connectivity index (χ3v) is 3.77. The summed E-state index contributed by atoms with van der Waals surface area (Å²) in [6, 6.07) is 13.5. The van der Waals surface area contributed by atoms with Gasteiger partial charge in [0.05, 0.1) is 5.02 Å². The second kappa shape index (κ2) is 5.76. The predicted octanol–water partition coefficient (Wildman–Crippen LogP) is 5.37. The Bertz CT molecular complexity index is 529. The zero-order valence-corrected chi connectivity index (χ0v) is 12.0. The molecule has 0 spiro atoms. The quantitative estimate of drug-likeness (QED) is 0.797. The summed E-state index contributed by atoms with van der Waals surface area (Å²) in [5.41, 5.74) is 2.12. The Morgan fingerprint density at radius 3 is 2.59 bits per heavy atom. The van der Waals surface area contributed by atoms with Crippen molar-refractivity contribution >= 4 is 44.8 Å². The molecule has 0 heterocycles. The van der Waals surface area contributed by atoms with Crippen LogP contribution in [0.4, 0.5) is 5.69 Å². The average molecular weight is 331 g/mol. The molecule has 2 aromatic carbocycles. The van der Waals surface area contributed by atoms with Gasteiger partial charge in [-0.15, -0.1) is 0 Å². The number of hydrogen-bond donors (Lipinski definition) is 1. The van der Waals surface area contributed by atoms with E-state index in [1.165, 1.54) is 0 Å². The smallest absolute Gasteiger partial charge is 0.0568 e. The first kappa shape index (κ1) is 12.7. The molecule has 0 bridgehead atoms. The molecule has 4 heteroatoms. The van der Waals surface area contributed by atoms with Crippen molar-refractivity contribution in [2.75, 3.05) is 5.32 Å². The van der Waals surface area contributed by atoms with Crippen molar-refractivity contribution in [2.24, 2.45) is 0 Å². The average Bonchev–Trinajstić information content (AvgIpc) is 2.31. The van der Waals surface area contributed by atoms with E-state index in [4.69, 9.17) is 23.2 Å². The van der Waals surface area contributed by atoms with Crippen LogP contribution in [0.5, 0.6) is 0 Å². The normalized spacial score (nSPS) is 10.3. The van der Waals surface area contributed by atoms with E-state index >= 15 is 0 Å². The number of rotatable bonds is 3. The minimum absolute atomic E-state index is 0.695. The van der Waals surface area contributed by atoms with Crippen LogP contribution in [0.25, 0.3) is 0 Å². The maximum Gasteiger partial charge on any atom is 0.0568 e. The maximum atomic E-state index is 6.01. The lowest BCUT2D eigenvalue weighted by molar-refractivity contribution is 1.15. The summed E-state index contributed by atoms with van der Waals surface area (Å²) in [4.78, 5) is 0. The summed E-state index contributed by atoms with van der Waals surface area (Å²) in [7, 11) is 0. The Kier molecular flexibility index (Phi) is 4.32. The van der Waals surface area contributed by atoms with Gasteiger partial charge in [0.1, 0.15) is 0 Å². The molecule has 0 saturated heterocycles. The molecule has 0 saturated carbocycles. The van der Waals surface area contributed by atoms with Gasteiger partial charge in [0.2, 0.25) is 0 Å². The van der Waals surface area contributed by atoms with Crippen LogP contribution in [0, 0.1) is 0 Å². The second-order valence-corrected chi connectivity index (χ2v) is 5.31. The minimum Gasteiger partial charge on any atom is -0.381 e. The van der Waals surface area contributed by atoms with Crippen molar-refractivity contribution in [1.29, 1.82) is 0 Å². The number of nitrogens with one attached hydrogen (secondary N) is 1. The Balaban J connectivity index is 2.05. The molecule has 0 unspecified atom stereocenters. The Hall–Kier alpha value is -0.700. The SMILES string of the molecule is Clc1cccc(CNc2ccc(Br)c(Cl)c2)c1. The van der Waals surface area contributed by atoms with E-state index in [9.17, 15) is 0 Å². The summed E-state index contributed by atoms with van der Waals surface area (Å²) in [6.45, 7) is 0.721. The van der Waals surface area contributed by atoms with Crippen LogP contribution in [0.2, 0.25) is 10.0 Å². The second-order valence-electron chi connectivity index (χ2n) is 3.61. The lowest BCUT2D eigenvalue weighted by Crippen LogP contribution is -1.98. The van der Waals surface area contributed by atoms with Gasteiger partial charge in [-0.1, -0.05) is 35.3 Å². The van der Waals surface area contributed by atoms with E-state index in [-0.39, 0.29) is 0 Å². The molecule has 2 aromatic rings. The Morgan fingerprint density at radius 1 is 1.06 bits per heavy atom. The van der Waals surface area contributed by atoms with E-state index in [1.54, 1.807) is 0 Å². The molecule has 0 fully saturated rings. The van der Waals surface area contributed by atoms with Gasteiger partial charge in [-0.05, 0) is 51.8 Å². The highest BCUT2D eigenvalue weighted by molar-refractivity contribution is 9.10. The van der Waals surface area contributed by atoms with Crippen molar-refractivity contribution in [3.8, 4) is 0 Å². The van der Waals surface area contributed by atoms with Crippen LogP contribution in [-0.2, 0) is 6.54 Å². The van der Waals surface area contributed by atoms with Gasteiger partial charge >= 0.3 is 0 Å². The molecule has 17 heavy (non-hydrogen) atoms. The topological polar surface area (TPSA) is 12.0 Å². The van der Waals surface area contributed by atoms with Crippen LogP contribution in [0.3, 0.4) is 0 Å². The van der Waals surface area contributed by atoms with Crippen LogP contribution in [0.15, 0.2) is 46.9 Å². The largest absolute Gasteiger partial charge is 0.381 e. The highest BCUT2D eigenvalue weighted by Crippen LogP contribution is 2.25. The van der Waals surface area contributed by atoms with Gasteiger partial charge in [0.25, 0.3) is 0 Å². The van der Waals surface area contributed by atoms with Crippen molar-refractivity contribution in [1.82, 2.24) is 0 Å². The third-order valence-electron chi connectivity index (χ3n) is 2.31. The fraction of sp³-hybridized carbons (Fsp3) is 0.0769. The Labute approximate surface area is 119 Å². The van der Waals surface area contributed by atoms with Crippen LogP contribution in [0.1, 0.15) is 5.56 Å². The fourth-order valence-electron chi connectivity index (χ4n) is 1.46. The molecular weight excluding hydrogens is 321 g/mol. The first-order valence-electron chi connectivity index (χ1n) is 5.08. The van der Waals surface area contributed by atoms with E-state index in [2.05, 4.69) is 21.2 Å². The van der Waals surface area contributed by atoms with Gasteiger partial charge in [-0.3, -0.25) is 0 Å². The molecule has 1 N–H and O–H groups in total. The fourth-order valence-corrected chi connectivity index (χ4v) is 2.10. The van der Waals surface area contributed by atoms with Gasteiger partial charge < -0.3 is 5.32 Å². The van der Waals surface area contributed by atoms with Crippen molar-refractivity contribution in [3.63, 3.8) is 0 Å².